The van der Waals surface area contributed by atoms with Crippen molar-refractivity contribution in [2.24, 2.45) is 0 Å². The molecule has 0 amide bonds. The predicted octanol–water partition coefficient (Wildman–Crippen LogP) is 9.59. The Morgan fingerprint density at radius 3 is 1.62 bits per heavy atom. The third-order valence-electron chi connectivity index (χ3n) is 8.90. The van der Waals surface area contributed by atoms with Gasteiger partial charge in [0.25, 0.3) is 0 Å². The number of aromatic nitrogens is 1. The van der Waals surface area contributed by atoms with Gasteiger partial charge in [0.1, 0.15) is 0 Å². The molecule has 1 heterocycles. The van der Waals surface area contributed by atoms with Crippen LogP contribution in [-0.2, 0) is 12.8 Å². The lowest BCUT2D eigenvalue weighted by atomic mass is 9.90. The highest BCUT2D eigenvalue weighted by Crippen LogP contribution is 2.48. The summed E-state index contributed by atoms with van der Waals surface area (Å²) >= 11 is 0. The van der Waals surface area contributed by atoms with Crippen LogP contribution in [0.2, 0.25) is 0 Å². The molecule has 0 aliphatic heterocycles. The van der Waals surface area contributed by atoms with Gasteiger partial charge in [-0.3, -0.25) is 0 Å². The van der Waals surface area contributed by atoms with Crippen LogP contribution in [0, 0.1) is 0 Å². The zero-order chi connectivity index (χ0) is 25.5. The van der Waals surface area contributed by atoms with Crippen LogP contribution in [0.1, 0.15) is 22.3 Å². The molecule has 0 N–H and O–H groups in total. The molecule has 0 radical (unpaired) electrons. The Balaban J connectivity index is 1.28. The molecule has 0 saturated heterocycles. The summed E-state index contributed by atoms with van der Waals surface area (Å²) in [5.74, 6) is 0. The molecule has 2 aliphatic carbocycles. The van der Waals surface area contributed by atoms with Crippen LogP contribution in [0.4, 0.5) is 0 Å². The molecule has 9 rings (SSSR count). The molecule has 2 aliphatic rings. The Bertz CT molecular complexity index is 2070. The minimum Gasteiger partial charge on any atom is -0.309 e. The first kappa shape index (κ1) is 21.1. The first-order valence-corrected chi connectivity index (χ1v) is 13.8. The number of hydrogen-bond donors (Lipinski definition) is 0. The lowest BCUT2D eigenvalue weighted by Gasteiger charge is -2.15. The number of nitrogens with zero attached hydrogens (tertiary/aromatic N) is 1. The maximum atomic E-state index is 2.47. The molecule has 6 aromatic carbocycles. The van der Waals surface area contributed by atoms with Gasteiger partial charge in [0.2, 0.25) is 0 Å². The summed E-state index contributed by atoms with van der Waals surface area (Å²) < 4.78 is 2.47. The van der Waals surface area contributed by atoms with Gasteiger partial charge >= 0.3 is 0 Å². The number of hydrogen-bond acceptors (Lipinski definition) is 0. The number of fused-ring (bicyclic) bond motifs is 9. The molecule has 0 bridgehead atoms. The molecule has 0 spiro atoms. The highest BCUT2D eigenvalue weighted by Gasteiger charge is 2.28. The lowest BCUT2D eigenvalue weighted by Crippen LogP contribution is -1.97. The van der Waals surface area contributed by atoms with E-state index in [-0.39, 0.29) is 0 Å². The highest BCUT2D eigenvalue weighted by molar-refractivity contribution is 6.10. The van der Waals surface area contributed by atoms with Crippen molar-refractivity contribution in [1.82, 2.24) is 4.57 Å². The van der Waals surface area contributed by atoms with Gasteiger partial charge in [-0.15, -0.1) is 0 Å². The van der Waals surface area contributed by atoms with Crippen LogP contribution >= 0.6 is 0 Å². The van der Waals surface area contributed by atoms with Gasteiger partial charge in [0, 0.05) is 16.3 Å². The molecule has 1 heteroatoms. The Labute approximate surface area is 227 Å². The normalized spacial score (nSPS) is 12.9. The highest BCUT2D eigenvalue weighted by atomic mass is 15.0. The molecule has 182 valence electrons. The second-order valence-corrected chi connectivity index (χ2v) is 10.9. The Kier molecular flexibility index (Phi) is 4.23. The topological polar surface area (TPSA) is 4.93 Å². The monoisotopic (exact) mass is 495 g/mol. The lowest BCUT2D eigenvalue weighted by molar-refractivity contribution is 1.17. The van der Waals surface area contributed by atoms with Crippen molar-refractivity contribution < 1.29 is 0 Å². The van der Waals surface area contributed by atoms with E-state index in [1.165, 1.54) is 83.1 Å². The first-order chi connectivity index (χ1) is 19.4. The van der Waals surface area contributed by atoms with E-state index in [1.54, 1.807) is 0 Å². The van der Waals surface area contributed by atoms with Crippen LogP contribution in [0.3, 0.4) is 0 Å². The molecule has 39 heavy (non-hydrogen) atoms. The van der Waals surface area contributed by atoms with E-state index in [9.17, 15) is 0 Å². The number of benzene rings is 6. The largest absolute Gasteiger partial charge is 0.309 e. The summed E-state index contributed by atoms with van der Waals surface area (Å²) in [5, 5.41) is 2.61. The second kappa shape index (κ2) is 7.82. The molecule has 0 unspecified atom stereocenters. The van der Waals surface area contributed by atoms with E-state index in [2.05, 4.69) is 132 Å². The third-order valence-corrected chi connectivity index (χ3v) is 8.90. The van der Waals surface area contributed by atoms with Gasteiger partial charge in [0.15, 0.2) is 0 Å². The van der Waals surface area contributed by atoms with Crippen molar-refractivity contribution in [3.63, 3.8) is 0 Å². The zero-order valence-corrected chi connectivity index (χ0v) is 21.5. The molecule has 0 fully saturated rings. The van der Waals surface area contributed by atoms with Gasteiger partial charge in [-0.05, 0) is 81.1 Å². The van der Waals surface area contributed by atoms with Gasteiger partial charge in [-0.1, -0.05) is 109 Å². The van der Waals surface area contributed by atoms with Crippen molar-refractivity contribution in [3.05, 3.63) is 150 Å². The zero-order valence-electron chi connectivity index (χ0n) is 21.5. The van der Waals surface area contributed by atoms with Crippen LogP contribution < -0.4 is 0 Å². The second-order valence-electron chi connectivity index (χ2n) is 10.9. The maximum absolute atomic E-state index is 2.47. The van der Waals surface area contributed by atoms with E-state index in [1.807, 2.05) is 0 Å². The molecule has 0 atom stereocenters. The van der Waals surface area contributed by atoms with Crippen LogP contribution in [0.5, 0.6) is 0 Å². The summed E-state index contributed by atoms with van der Waals surface area (Å²) in [6.07, 6.45) is 1.97. The summed E-state index contributed by atoms with van der Waals surface area (Å²) in [7, 11) is 0. The van der Waals surface area contributed by atoms with E-state index in [0.29, 0.717) is 0 Å². The summed E-state index contributed by atoms with van der Waals surface area (Å²) in [4.78, 5) is 0. The molecule has 1 nitrogen and oxygen atoms in total. The van der Waals surface area contributed by atoms with E-state index in [4.69, 9.17) is 0 Å². The Hall–Kier alpha value is -4.88. The Morgan fingerprint density at radius 1 is 0.385 bits per heavy atom. The predicted molar refractivity (Wildman–Crippen MR) is 163 cm³/mol. The SMILES string of the molecule is c1ccc2c(c1)Cc1c-2cccc1-c1cccc2c1Cc1cccc(-n3c4ccccc4c4ccccc43)c1-2. The molecular formula is C38H25N. The van der Waals surface area contributed by atoms with Crippen LogP contribution in [0.15, 0.2) is 127 Å². The molecule has 7 aromatic rings. The molecule has 1 aromatic heterocycles. The average Bonchev–Trinajstić information content (AvgIpc) is 3.67. The van der Waals surface area contributed by atoms with Crippen molar-refractivity contribution in [3.8, 4) is 39.1 Å². The summed E-state index contributed by atoms with van der Waals surface area (Å²) in [5.41, 5.74) is 17.8. The fourth-order valence-corrected chi connectivity index (χ4v) is 7.28. The number of rotatable bonds is 2. The van der Waals surface area contributed by atoms with E-state index >= 15 is 0 Å². The van der Waals surface area contributed by atoms with Gasteiger partial charge in [-0.25, -0.2) is 0 Å². The van der Waals surface area contributed by atoms with Gasteiger partial charge in [-0.2, -0.15) is 0 Å². The van der Waals surface area contributed by atoms with Crippen molar-refractivity contribution in [2.45, 2.75) is 12.8 Å². The number of para-hydroxylation sites is 2. The van der Waals surface area contributed by atoms with Gasteiger partial charge < -0.3 is 4.57 Å². The smallest absolute Gasteiger partial charge is 0.0543 e. The standard InChI is InChI=1S/C38H25N/c1-2-12-26-24(10-1)22-33-27(26)15-8-16-28(33)29-17-9-18-32-34(29)23-25-11-7-21-37(38(25)32)39-35-19-5-3-13-30(35)31-14-4-6-20-36(31)39/h1-21H,22-23H2. The van der Waals surface area contributed by atoms with Gasteiger partial charge in [0.05, 0.1) is 16.7 Å². The Morgan fingerprint density at radius 2 is 0.872 bits per heavy atom. The maximum Gasteiger partial charge on any atom is 0.0543 e. The van der Waals surface area contributed by atoms with E-state index < -0.39 is 0 Å². The van der Waals surface area contributed by atoms with Crippen molar-refractivity contribution >= 4 is 21.8 Å². The minimum atomic E-state index is 0.961. The first-order valence-electron chi connectivity index (χ1n) is 13.8. The molecular weight excluding hydrogens is 470 g/mol. The van der Waals surface area contributed by atoms with E-state index in [0.717, 1.165) is 12.8 Å². The molecule has 0 saturated carbocycles. The van der Waals surface area contributed by atoms with Crippen LogP contribution in [0.25, 0.3) is 60.9 Å². The fourth-order valence-electron chi connectivity index (χ4n) is 7.28. The third kappa shape index (κ3) is 2.85. The minimum absolute atomic E-state index is 0.961. The fraction of sp³-hybridized carbons (Fsp3) is 0.0526. The summed E-state index contributed by atoms with van der Waals surface area (Å²) in [6.45, 7) is 0. The van der Waals surface area contributed by atoms with Crippen molar-refractivity contribution in [1.29, 1.82) is 0 Å². The quantitative estimate of drug-likeness (QED) is 0.225. The van der Waals surface area contributed by atoms with Crippen molar-refractivity contribution in [2.75, 3.05) is 0 Å². The summed E-state index contributed by atoms with van der Waals surface area (Å²) in [6, 6.07) is 47.1. The van der Waals surface area contributed by atoms with Crippen LogP contribution in [-0.4, -0.2) is 4.57 Å². The average molecular weight is 496 g/mol.